The molecule has 1 atom stereocenters. The molecule has 1 aliphatic heterocycles. The van der Waals surface area contributed by atoms with Crippen LogP contribution in [-0.4, -0.2) is 37.0 Å². The first-order chi connectivity index (χ1) is 16.1. The van der Waals surface area contributed by atoms with Crippen molar-refractivity contribution in [1.29, 1.82) is 0 Å². The number of nitrogens with zero attached hydrogens (tertiary/aromatic N) is 2. The molecule has 3 aromatic carbocycles. The number of nitrogens with one attached hydrogen (secondary N) is 1. The summed E-state index contributed by atoms with van der Waals surface area (Å²) in [4.78, 5) is 29.9. The van der Waals surface area contributed by atoms with Crippen molar-refractivity contribution in [2.75, 3.05) is 30.4 Å². The Balaban J connectivity index is 1.50. The van der Waals surface area contributed by atoms with Crippen molar-refractivity contribution in [2.45, 2.75) is 25.8 Å². The van der Waals surface area contributed by atoms with Crippen LogP contribution in [0.15, 0.2) is 78.9 Å². The third kappa shape index (κ3) is 5.17. The summed E-state index contributed by atoms with van der Waals surface area (Å²) in [6.07, 6.45) is 1.10. The van der Waals surface area contributed by atoms with Crippen molar-refractivity contribution in [3.8, 4) is 5.75 Å². The van der Waals surface area contributed by atoms with Crippen LogP contribution < -0.4 is 15.0 Å². The van der Waals surface area contributed by atoms with E-state index >= 15 is 0 Å². The summed E-state index contributed by atoms with van der Waals surface area (Å²) < 4.78 is 5.17. The van der Waals surface area contributed by atoms with Crippen LogP contribution in [0.25, 0.3) is 0 Å². The number of urea groups is 1. The van der Waals surface area contributed by atoms with Crippen molar-refractivity contribution in [1.82, 2.24) is 4.90 Å². The molecule has 6 nitrogen and oxygen atoms in total. The van der Waals surface area contributed by atoms with E-state index in [9.17, 15) is 9.59 Å². The van der Waals surface area contributed by atoms with E-state index in [0.717, 1.165) is 29.0 Å². The van der Waals surface area contributed by atoms with E-state index < -0.39 is 0 Å². The van der Waals surface area contributed by atoms with Crippen molar-refractivity contribution < 1.29 is 14.3 Å². The Kier molecular flexibility index (Phi) is 6.93. The predicted molar refractivity (Wildman–Crippen MR) is 131 cm³/mol. The lowest BCUT2D eigenvalue weighted by Crippen LogP contribution is -2.50. The number of rotatable bonds is 7. The number of amides is 3. The summed E-state index contributed by atoms with van der Waals surface area (Å²) in [7, 11) is 1.61. The van der Waals surface area contributed by atoms with E-state index in [1.807, 2.05) is 83.8 Å². The summed E-state index contributed by atoms with van der Waals surface area (Å²) >= 11 is 0. The number of carbonyl (C=O) groups excluding carboxylic acids is 2. The Morgan fingerprint density at radius 2 is 1.67 bits per heavy atom. The second-order valence-electron chi connectivity index (χ2n) is 8.16. The highest BCUT2D eigenvalue weighted by Crippen LogP contribution is 2.32. The average Bonchev–Trinajstić information content (AvgIpc) is 2.85. The van der Waals surface area contributed by atoms with Gasteiger partial charge in [-0.1, -0.05) is 54.6 Å². The quantitative estimate of drug-likeness (QED) is 0.541. The normalized spacial score (nSPS) is 14.7. The van der Waals surface area contributed by atoms with Crippen LogP contribution in [0.4, 0.5) is 16.2 Å². The van der Waals surface area contributed by atoms with E-state index in [0.29, 0.717) is 18.8 Å². The number of benzene rings is 3. The van der Waals surface area contributed by atoms with Gasteiger partial charge in [0.05, 0.1) is 30.9 Å². The summed E-state index contributed by atoms with van der Waals surface area (Å²) in [5, 5.41) is 3.00. The van der Waals surface area contributed by atoms with Crippen molar-refractivity contribution >= 4 is 23.3 Å². The highest BCUT2D eigenvalue weighted by atomic mass is 16.5. The largest absolute Gasteiger partial charge is 0.497 e. The minimum atomic E-state index is -0.133. The maximum Gasteiger partial charge on any atom is 0.325 e. The van der Waals surface area contributed by atoms with Gasteiger partial charge in [-0.05, 0) is 48.7 Å². The minimum Gasteiger partial charge on any atom is -0.497 e. The summed E-state index contributed by atoms with van der Waals surface area (Å²) in [5.41, 5.74) is 3.35. The van der Waals surface area contributed by atoms with Crippen LogP contribution in [-0.2, 0) is 11.2 Å². The van der Waals surface area contributed by atoms with Crippen molar-refractivity contribution in [3.05, 3.63) is 90.0 Å². The molecule has 3 aromatic rings. The van der Waals surface area contributed by atoms with Gasteiger partial charge >= 0.3 is 6.03 Å². The number of ether oxygens (including phenoxy) is 1. The van der Waals surface area contributed by atoms with Crippen LogP contribution in [0.3, 0.4) is 0 Å². The van der Waals surface area contributed by atoms with E-state index in [4.69, 9.17) is 4.74 Å². The molecule has 1 unspecified atom stereocenters. The highest BCUT2D eigenvalue weighted by molar-refractivity contribution is 6.01. The van der Waals surface area contributed by atoms with Gasteiger partial charge < -0.3 is 15.0 Å². The molecule has 0 radical (unpaired) electrons. The monoisotopic (exact) mass is 443 g/mol. The number of anilines is 2. The predicted octanol–water partition coefficient (Wildman–Crippen LogP) is 5.27. The summed E-state index contributed by atoms with van der Waals surface area (Å²) in [6, 6.07) is 24.9. The van der Waals surface area contributed by atoms with Crippen molar-refractivity contribution in [2.24, 2.45) is 0 Å². The Morgan fingerprint density at radius 3 is 2.39 bits per heavy atom. The Labute approximate surface area is 194 Å². The Hall–Kier alpha value is -3.80. The molecule has 0 saturated carbocycles. The van der Waals surface area contributed by atoms with Gasteiger partial charge in [0, 0.05) is 13.1 Å². The number of hydrogen-bond donors (Lipinski definition) is 1. The molecule has 1 N–H and O–H groups in total. The lowest BCUT2D eigenvalue weighted by atomic mass is 10.1. The zero-order valence-corrected chi connectivity index (χ0v) is 19.0. The van der Waals surface area contributed by atoms with Gasteiger partial charge in [0.2, 0.25) is 5.91 Å². The van der Waals surface area contributed by atoms with Crippen molar-refractivity contribution in [3.63, 3.8) is 0 Å². The molecule has 0 aromatic heterocycles. The maximum atomic E-state index is 13.5. The molecule has 1 heterocycles. The first kappa shape index (κ1) is 22.4. The van der Waals surface area contributed by atoms with Crippen LogP contribution >= 0.6 is 0 Å². The Bertz CT molecular complexity index is 1100. The van der Waals surface area contributed by atoms with Crippen LogP contribution in [0.1, 0.15) is 30.5 Å². The van der Waals surface area contributed by atoms with Gasteiger partial charge in [-0.25, -0.2) is 4.79 Å². The van der Waals surface area contributed by atoms with Gasteiger partial charge in [-0.15, -0.1) is 0 Å². The SMILES string of the molecule is COc1ccc(CC(=O)Nc2ccccc2N2CCCN(C(C)c3ccccc3)C2=O)cc1. The number of methoxy groups -OCH3 is 1. The molecule has 0 spiro atoms. The third-order valence-corrected chi connectivity index (χ3v) is 6.00. The fraction of sp³-hybridized carbons (Fsp3) is 0.259. The Morgan fingerprint density at radius 1 is 0.970 bits per heavy atom. The lowest BCUT2D eigenvalue weighted by Gasteiger charge is -2.39. The second kappa shape index (κ2) is 10.2. The lowest BCUT2D eigenvalue weighted by molar-refractivity contribution is -0.115. The first-order valence-electron chi connectivity index (χ1n) is 11.2. The summed E-state index contributed by atoms with van der Waals surface area (Å²) in [5.74, 6) is 0.619. The average molecular weight is 444 g/mol. The van der Waals surface area contributed by atoms with Gasteiger partial charge in [0.1, 0.15) is 5.75 Å². The van der Waals surface area contributed by atoms with Gasteiger partial charge in [0.15, 0.2) is 0 Å². The topological polar surface area (TPSA) is 61.9 Å². The van der Waals surface area contributed by atoms with Gasteiger partial charge in [-0.3, -0.25) is 9.69 Å². The molecule has 1 aliphatic rings. The van der Waals surface area contributed by atoms with E-state index in [-0.39, 0.29) is 24.4 Å². The van der Waals surface area contributed by atoms with Crippen LogP contribution in [0.5, 0.6) is 5.75 Å². The van der Waals surface area contributed by atoms with E-state index in [1.54, 1.807) is 12.0 Å². The molecule has 170 valence electrons. The van der Waals surface area contributed by atoms with Gasteiger partial charge in [0.25, 0.3) is 0 Å². The molecule has 0 aliphatic carbocycles. The number of para-hydroxylation sites is 2. The fourth-order valence-corrected chi connectivity index (χ4v) is 4.18. The van der Waals surface area contributed by atoms with Crippen LogP contribution in [0, 0.1) is 0 Å². The third-order valence-electron chi connectivity index (χ3n) is 6.00. The molecule has 33 heavy (non-hydrogen) atoms. The van der Waals surface area contributed by atoms with Crippen LogP contribution in [0.2, 0.25) is 0 Å². The maximum absolute atomic E-state index is 13.5. The minimum absolute atomic E-state index is 0.0293. The number of hydrogen-bond acceptors (Lipinski definition) is 3. The second-order valence-corrected chi connectivity index (χ2v) is 8.16. The van der Waals surface area contributed by atoms with E-state index in [1.165, 1.54) is 0 Å². The molecule has 6 heteroatoms. The smallest absolute Gasteiger partial charge is 0.325 e. The zero-order chi connectivity index (χ0) is 23.2. The van der Waals surface area contributed by atoms with Gasteiger partial charge in [-0.2, -0.15) is 0 Å². The molecule has 4 rings (SSSR count). The molecule has 1 saturated heterocycles. The molecular weight excluding hydrogens is 414 g/mol. The summed E-state index contributed by atoms with van der Waals surface area (Å²) in [6.45, 7) is 3.37. The highest BCUT2D eigenvalue weighted by Gasteiger charge is 2.31. The molecule has 0 bridgehead atoms. The molecular formula is C27H29N3O3. The zero-order valence-electron chi connectivity index (χ0n) is 19.0. The standard InChI is InChI=1S/C27H29N3O3/c1-20(22-9-4-3-5-10-22)29-17-8-18-30(27(29)32)25-12-7-6-11-24(25)28-26(31)19-21-13-15-23(33-2)16-14-21/h3-7,9-16,20H,8,17-19H2,1-2H3,(H,28,31). The fourth-order valence-electron chi connectivity index (χ4n) is 4.18. The first-order valence-corrected chi connectivity index (χ1v) is 11.2. The number of carbonyl (C=O) groups is 2. The molecule has 3 amide bonds. The van der Waals surface area contributed by atoms with E-state index in [2.05, 4.69) is 12.2 Å². The molecule has 1 fully saturated rings.